The van der Waals surface area contributed by atoms with Crippen molar-refractivity contribution >= 4 is 11.9 Å². The third kappa shape index (κ3) is 2.24. The Morgan fingerprint density at radius 3 is 2.78 bits per heavy atom. The summed E-state index contributed by atoms with van der Waals surface area (Å²) in [4.78, 5) is 25.0. The van der Waals surface area contributed by atoms with Crippen LogP contribution in [0.3, 0.4) is 0 Å². The number of aryl methyl sites for hydroxylation is 1. The Morgan fingerprint density at radius 1 is 1.50 bits per heavy atom. The van der Waals surface area contributed by atoms with Crippen molar-refractivity contribution in [1.82, 2.24) is 4.90 Å². The number of hydrogen-bond acceptors (Lipinski definition) is 5. The lowest BCUT2D eigenvalue weighted by atomic mass is 10.2. The maximum atomic E-state index is 12.1. The highest BCUT2D eigenvalue weighted by Gasteiger charge is 2.40. The van der Waals surface area contributed by atoms with E-state index in [1.165, 1.54) is 12.0 Å². The first-order valence-electron chi connectivity index (χ1n) is 5.66. The number of methoxy groups -OCH3 is 1. The van der Waals surface area contributed by atoms with Gasteiger partial charge in [-0.05, 0) is 19.1 Å². The number of rotatable bonds is 2. The number of nitrogens with zero attached hydrogens (tertiary/aromatic N) is 1. The Kier molecular flexibility index (Phi) is 3.38. The van der Waals surface area contributed by atoms with Crippen molar-refractivity contribution in [2.45, 2.75) is 25.5 Å². The zero-order valence-electron chi connectivity index (χ0n) is 10.3. The van der Waals surface area contributed by atoms with Gasteiger partial charge in [-0.25, -0.2) is 4.79 Å². The molecule has 0 spiro atoms. The van der Waals surface area contributed by atoms with Gasteiger partial charge in [0.2, 0.25) is 0 Å². The molecule has 2 atom stereocenters. The van der Waals surface area contributed by atoms with E-state index >= 15 is 0 Å². The highest BCUT2D eigenvalue weighted by molar-refractivity contribution is 5.95. The maximum Gasteiger partial charge on any atom is 0.328 e. The standard InChI is InChI=1S/C12H15NO5/c1-7-3-4-10(18-7)11(15)13-6-8(14)5-9(13)12(16)17-2/h3-4,8-9,14H,5-6H2,1-2H3. The fraction of sp³-hybridized carbons (Fsp3) is 0.500. The Bertz CT molecular complexity index is 467. The third-order valence-corrected chi connectivity index (χ3v) is 2.96. The molecule has 1 aromatic rings. The van der Waals surface area contributed by atoms with Gasteiger partial charge >= 0.3 is 5.97 Å². The van der Waals surface area contributed by atoms with E-state index in [9.17, 15) is 14.7 Å². The van der Waals surface area contributed by atoms with E-state index in [1.54, 1.807) is 19.1 Å². The summed E-state index contributed by atoms with van der Waals surface area (Å²) in [6.45, 7) is 1.84. The molecule has 1 aromatic heterocycles. The second kappa shape index (κ2) is 4.81. The molecule has 1 aliphatic rings. The number of esters is 1. The highest BCUT2D eigenvalue weighted by atomic mass is 16.5. The summed E-state index contributed by atoms with van der Waals surface area (Å²) >= 11 is 0. The van der Waals surface area contributed by atoms with E-state index in [4.69, 9.17) is 4.42 Å². The first-order chi connectivity index (χ1) is 8.52. The first-order valence-corrected chi connectivity index (χ1v) is 5.66. The molecule has 0 bridgehead atoms. The molecule has 1 fully saturated rings. The van der Waals surface area contributed by atoms with Gasteiger partial charge in [-0.15, -0.1) is 0 Å². The molecular weight excluding hydrogens is 238 g/mol. The normalized spacial score (nSPS) is 23.2. The largest absolute Gasteiger partial charge is 0.467 e. The van der Waals surface area contributed by atoms with Crippen LogP contribution in [0.4, 0.5) is 0 Å². The summed E-state index contributed by atoms with van der Waals surface area (Å²) in [5.41, 5.74) is 0. The smallest absolute Gasteiger partial charge is 0.328 e. The average Bonchev–Trinajstić information content (AvgIpc) is 2.93. The molecule has 6 nitrogen and oxygen atoms in total. The van der Waals surface area contributed by atoms with E-state index in [0.717, 1.165) is 0 Å². The average molecular weight is 253 g/mol. The molecule has 1 saturated heterocycles. The van der Waals surface area contributed by atoms with Crippen LogP contribution in [0, 0.1) is 6.92 Å². The van der Waals surface area contributed by atoms with Gasteiger partial charge in [0.1, 0.15) is 11.8 Å². The van der Waals surface area contributed by atoms with Crippen LogP contribution in [0.1, 0.15) is 22.7 Å². The molecule has 1 N–H and O–H groups in total. The van der Waals surface area contributed by atoms with Crippen LogP contribution in [0.25, 0.3) is 0 Å². The van der Waals surface area contributed by atoms with Crippen LogP contribution >= 0.6 is 0 Å². The van der Waals surface area contributed by atoms with Crippen molar-refractivity contribution in [3.05, 3.63) is 23.7 Å². The number of furan rings is 1. The minimum absolute atomic E-state index is 0.109. The van der Waals surface area contributed by atoms with E-state index < -0.39 is 24.0 Å². The molecule has 0 aromatic carbocycles. The third-order valence-electron chi connectivity index (χ3n) is 2.96. The molecule has 0 aliphatic carbocycles. The van der Waals surface area contributed by atoms with Crippen molar-refractivity contribution in [2.24, 2.45) is 0 Å². The number of hydrogen-bond donors (Lipinski definition) is 1. The Labute approximate surface area is 104 Å². The Hall–Kier alpha value is -1.82. The number of amides is 1. The van der Waals surface area contributed by atoms with Gasteiger partial charge in [0, 0.05) is 13.0 Å². The zero-order chi connectivity index (χ0) is 13.3. The summed E-state index contributed by atoms with van der Waals surface area (Å²) in [6.07, 6.45) is -0.521. The van der Waals surface area contributed by atoms with Gasteiger partial charge in [0.05, 0.1) is 13.2 Å². The molecular formula is C12H15NO5. The molecule has 0 radical (unpaired) electrons. The molecule has 2 heterocycles. The lowest BCUT2D eigenvalue weighted by Gasteiger charge is -2.21. The van der Waals surface area contributed by atoms with Crippen LogP contribution < -0.4 is 0 Å². The second-order valence-electron chi connectivity index (χ2n) is 4.30. The molecule has 1 aliphatic heterocycles. The lowest BCUT2D eigenvalue weighted by molar-refractivity contribution is -0.145. The fourth-order valence-corrected chi connectivity index (χ4v) is 2.09. The van der Waals surface area contributed by atoms with Crippen LogP contribution in [-0.2, 0) is 9.53 Å². The fourth-order valence-electron chi connectivity index (χ4n) is 2.09. The SMILES string of the molecule is COC(=O)C1CC(O)CN1C(=O)c1ccc(C)o1. The summed E-state index contributed by atoms with van der Waals surface area (Å²) in [5.74, 6) is -0.151. The van der Waals surface area contributed by atoms with Crippen LogP contribution in [0.15, 0.2) is 16.5 Å². The van der Waals surface area contributed by atoms with E-state index in [-0.39, 0.29) is 18.7 Å². The van der Waals surface area contributed by atoms with Gasteiger partial charge in [0.25, 0.3) is 5.91 Å². The minimum Gasteiger partial charge on any atom is -0.467 e. The number of β-amino-alcohol motifs (C(OH)–C–C–N with tert-alkyl or cyclic N) is 1. The molecule has 98 valence electrons. The van der Waals surface area contributed by atoms with Gasteiger partial charge in [-0.2, -0.15) is 0 Å². The Balaban J connectivity index is 2.20. The lowest BCUT2D eigenvalue weighted by Crippen LogP contribution is -2.41. The quantitative estimate of drug-likeness (QED) is 0.768. The van der Waals surface area contributed by atoms with Crippen molar-refractivity contribution < 1.29 is 23.8 Å². The number of aliphatic hydroxyl groups is 1. The number of aliphatic hydroxyl groups excluding tert-OH is 1. The molecule has 2 rings (SSSR count). The van der Waals surface area contributed by atoms with Crippen molar-refractivity contribution in [2.75, 3.05) is 13.7 Å². The van der Waals surface area contributed by atoms with Crippen molar-refractivity contribution in [3.63, 3.8) is 0 Å². The van der Waals surface area contributed by atoms with Crippen LogP contribution in [0.2, 0.25) is 0 Å². The predicted octanol–water partition coefficient (Wildman–Crippen LogP) is 0.336. The maximum absolute atomic E-state index is 12.1. The molecule has 2 unspecified atom stereocenters. The van der Waals surface area contributed by atoms with Crippen LogP contribution in [0.5, 0.6) is 0 Å². The van der Waals surface area contributed by atoms with E-state index in [2.05, 4.69) is 4.74 Å². The first kappa shape index (κ1) is 12.6. The molecule has 18 heavy (non-hydrogen) atoms. The molecule has 1 amide bonds. The van der Waals surface area contributed by atoms with Crippen molar-refractivity contribution in [3.8, 4) is 0 Å². The summed E-state index contributed by atoms with van der Waals surface area (Å²) in [7, 11) is 1.26. The monoisotopic (exact) mass is 253 g/mol. The topological polar surface area (TPSA) is 80.0 Å². The van der Waals surface area contributed by atoms with Gasteiger partial charge < -0.3 is 19.2 Å². The summed E-state index contributed by atoms with van der Waals surface area (Å²) in [6, 6.07) is 2.48. The second-order valence-corrected chi connectivity index (χ2v) is 4.30. The molecule has 0 saturated carbocycles. The van der Waals surface area contributed by atoms with E-state index in [0.29, 0.717) is 5.76 Å². The van der Waals surface area contributed by atoms with Gasteiger partial charge in [0.15, 0.2) is 5.76 Å². The minimum atomic E-state index is -0.747. The van der Waals surface area contributed by atoms with E-state index in [1.807, 2.05) is 0 Å². The number of likely N-dealkylation sites (tertiary alicyclic amines) is 1. The number of carbonyl (C=O) groups is 2. The zero-order valence-corrected chi connectivity index (χ0v) is 10.3. The summed E-state index contributed by atoms with van der Waals surface area (Å²) < 4.78 is 9.86. The van der Waals surface area contributed by atoms with Crippen LogP contribution in [-0.4, -0.2) is 47.7 Å². The predicted molar refractivity (Wildman–Crippen MR) is 60.9 cm³/mol. The van der Waals surface area contributed by atoms with Gasteiger partial charge in [-0.1, -0.05) is 0 Å². The van der Waals surface area contributed by atoms with Crippen molar-refractivity contribution in [1.29, 1.82) is 0 Å². The number of carbonyl (C=O) groups excluding carboxylic acids is 2. The summed E-state index contributed by atoms with van der Waals surface area (Å²) in [5, 5.41) is 9.58. The highest BCUT2D eigenvalue weighted by Crippen LogP contribution is 2.22. The molecule has 6 heteroatoms. The Morgan fingerprint density at radius 2 is 2.22 bits per heavy atom. The van der Waals surface area contributed by atoms with Gasteiger partial charge in [-0.3, -0.25) is 4.79 Å². The number of ether oxygens (including phenoxy) is 1.